The Morgan fingerprint density at radius 1 is 1.21 bits per heavy atom. The highest BCUT2D eigenvalue weighted by atomic mass is 19.1. The molecular formula is C20H21FN2O. The quantitative estimate of drug-likeness (QED) is 0.568. The van der Waals surface area contributed by atoms with Crippen LogP contribution in [0.4, 0.5) is 10.1 Å². The van der Waals surface area contributed by atoms with Crippen molar-refractivity contribution < 1.29 is 9.13 Å². The van der Waals surface area contributed by atoms with E-state index < -0.39 is 5.82 Å². The molecule has 0 aromatic heterocycles. The molecule has 124 valence electrons. The Kier molecular flexibility index (Phi) is 5.97. The van der Waals surface area contributed by atoms with Gasteiger partial charge in [-0.3, -0.25) is 0 Å². The Bertz CT molecular complexity index is 773. The third-order valence-corrected chi connectivity index (χ3v) is 3.93. The lowest BCUT2D eigenvalue weighted by Gasteiger charge is -2.22. The van der Waals surface area contributed by atoms with Crippen LogP contribution in [0.15, 0.2) is 42.5 Å². The van der Waals surface area contributed by atoms with Crippen molar-refractivity contribution in [2.45, 2.75) is 13.8 Å². The number of halogens is 1. The molecule has 0 aliphatic rings. The summed E-state index contributed by atoms with van der Waals surface area (Å²) in [5, 5.41) is 9.41. The van der Waals surface area contributed by atoms with Gasteiger partial charge < -0.3 is 9.64 Å². The highest BCUT2D eigenvalue weighted by Crippen LogP contribution is 2.29. The molecule has 0 N–H and O–H groups in total. The van der Waals surface area contributed by atoms with Crippen molar-refractivity contribution in [2.75, 3.05) is 25.1 Å². The lowest BCUT2D eigenvalue weighted by molar-refractivity contribution is 0.414. The van der Waals surface area contributed by atoms with E-state index in [0.717, 1.165) is 24.3 Å². The summed E-state index contributed by atoms with van der Waals surface area (Å²) in [6.07, 6.45) is 1.66. The van der Waals surface area contributed by atoms with Crippen LogP contribution < -0.4 is 9.64 Å². The summed E-state index contributed by atoms with van der Waals surface area (Å²) in [5.74, 6) is 0.243. The molecule has 0 aliphatic carbocycles. The molecule has 0 radical (unpaired) electrons. The molecule has 0 heterocycles. The minimum Gasteiger partial charge on any atom is -0.496 e. The molecule has 0 aliphatic heterocycles. The summed E-state index contributed by atoms with van der Waals surface area (Å²) in [6.45, 7) is 5.98. The summed E-state index contributed by atoms with van der Waals surface area (Å²) in [7, 11) is 1.59. The van der Waals surface area contributed by atoms with E-state index in [4.69, 9.17) is 4.74 Å². The van der Waals surface area contributed by atoms with Gasteiger partial charge in [-0.15, -0.1) is 0 Å². The lowest BCUT2D eigenvalue weighted by atomic mass is 10.0. The molecule has 3 nitrogen and oxygen atoms in total. The number of ether oxygens (including phenoxy) is 1. The SMILES string of the molecule is CCN(CC)c1ccc(C=C(C#N)c2ccccc2F)c(OC)c1. The molecule has 0 fully saturated rings. The van der Waals surface area contributed by atoms with Gasteiger partial charge in [0.05, 0.1) is 18.8 Å². The van der Waals surface area contributed by atoms with Gasteiger partial charge in [0.25, 0.3) is 0 Å². The number of nitrogens with zero attached hydrogens (tertiary/aromatic N) is 2. The minimum atomic E-state index is -0.413. The van der Waals surface area contributed by atoms with Crippen LogP contribution in [-0.4, -0.2) is 20.2 Å². The molecular weight excluding hydrogens is 303 g/mol. The van der Waals surface area contributed by atoms with Gasteiger partial charge in [0, 0.05) is 36.0 Å². The first kappa shape index (κ1) is 17.6. The van der Waals surface area contributed by atoms with Gasteiger partial charge in [-0.25, -0.2) is 4.39 Å². The smallest absolute Gasteiger partial charge is 0.131 e. The third kappa shape index (κ3) is 3.75. The molecule has 0 unspecified atom stereocenters. The van der Waals surface area contributed by atoms with Crippen molar-refractivity contribution in [1.29, 1.82) is 5.26 Å². The van der Waals surface area contributed by atoms with Crippen LogP contribution in [0.25, 0.3) is 11.6 Å². The van der Waals surface area contributed by atoms with Gasteiger partial charge in [-0.05, 0) is 38.1 Å². The van der Waals surface area contributed by atoms with Gasteiger partial charge in [0.2, 0.25) is 0 Å². The number of benzene rings is 2. The molecule has 2 aromatic rings. The van der Waals surface area contributed by atoms with E-state index in [-0.39, 0.29) is 11.1 Å². The van der Waals surface area contributed by atoms with Gasteiger partial charge >= 0.3 is 0 Å². The average Bonchev–Trinajstić information content (AvgIpc) is 2.62. The molecule has 0 atom stereocenters. The van der Waals surface area contributed by atoms with Crippen molar-refractivity contribution in [1.82, 2.24) is 0 Å². The highest BCUT2D eigenvalue weighted by Gasteiger charge is 2.11. The number of allylic oxidation sites excluding steroid dienone is 1. The van der Waals surface area contributed by atoms with Gasteiger partial charge in [0.1, 0.15) is 11.6 Å². The predicted octanol–water partition coefficient (Wildman–Crippen LogP) is 4.74. The molecule has 2 aromatic carbocycles. The normalized spacial score (nSPS) is 11.0. The zero-order chi connectivity index (χ0) is 17.5. The van der Waals surface area contributed by atoms with E-state index in [9.17, 15) is 9.65 Å². The fourth-order valence-corrected chi connectivity index (χ4v) is 2.61. The van der Waals surface area contributed by atoms with E-state index in [1.807, 2.05) is 18.2 Å². The number of hydrogen-bond acceptors (Lipinski definition) is 3. The van der Waals surface area contributed by atoms with Gasteiger partial charge in [0.15, 0.2) is 0 Å². The molecule has 0 amide bonds. The number of methoxy groups -OCH3 is 1. The van der Waals surface area contributed by atoms with Crippen LogP contribution in [0.5, 0.6) is 5.75 Å². The highest BCUT2D eigenvalue weighted by molar-refractivity contribution is 5.91. The molecule has 0 saturated heterocycles. The maximum atomic E-state index is 13.9. The van der Waals surface area contributed by atoms with Crippen LogP contribution in [0.1, 0.15) is 25.0 Å². The van der Waals surface area contributed by atoms with Crippen molar-refractivity contribution in [3.05, 3.63) is 59.4 Å². The second kappa shape index (κ2) is 8.16. The number of rotatable bonds is 6. The molecule has 4 heteroatoms. The maximum absolute atomic E-state index is 13.9. The van der Waals surface area contributed by atoms with Crippen LogP contribution in [0.3, 0.4) is 0 Å². The van der Waals surface area contributed by atoms with E-state index in [1.54, 1.807) is 31.4 Å². The van der Waals surface area contributed by atoms with Gasteiger partial charge in [-0.2, -0.15) is 5.26 Å². The van der Waals surface area contributed by atoms with Gasteiger partial charge in [-0.1, -0.05) is 18.2 Å². The van der Waals surface area contributed by atoms with E-state index in [1.165, 1.54) is 6.07 Å². The Morgan fingerprint density at radius 3 is 2.50 bits per heavy atom. The van der Waals surface area contributed by atoms with Crippen LogP contribution in [-0.2, 0) is 0 Å². The molecule has 24 heavy (non-hydrogen) atoms. The Hall–Kier alpha value is -2.80. The van der Waals surface area contributed by atoms with Crippen molar-refractivity contribution >= 4 is 17.3 Å². The van der Waals surface area contributed by atoms with Crippen LogP contribution in [0, 0.1) is 17.1 Å². The topological polar surface area (TPSA) is 36.3 Å². The second-order valence-electron chi connectivity index (χ2n) is 5.25. The molecule has 0 spiro atoms. The van der Waals surface area contributed by atoms with E-state index in [0.29, 0.717) is 5.75 Å². The Morgan fingerprint density at radius 2 is 1.92 bits per heavy atom. The zero-order valence-electron chi connectivity index (χ0n) is 14.2. The Balaban J connectivity index is 2.48. The molecule has 0 bridgehead atoms. The van der Waals surface area contributed by atoms with Crippen LogP contribution in [0.2, 0.25) is 0 Å². The summed E-state index contributed by atoms with van der Waals surface area (Å²) >= 11 is 0. The van der Waals surface area contributed by atoms with Crippen molar-refractivity contribution in [3.8, 4) is 11.8 Å². The van der Waals surface area contributed by atoms with Crippen LogP contribution >= 0.6 is 0 Å². The fraction of sp³-hybridized carbons (Fsp3) is 0.250. The molecule has 0 saturated carbocycles. The Labute approximate surface area is 142 Å². The monoisotopic (exact) mass is 324 g/mol. The first-order valence-electron chi connectivity index (χ1n) is 7.94. The first-order valence-corrected chi connectivity index (χ1v) is 7.94. The average molecular weight is 324 g/mol. The van der Waals surface area contributed by atoms with E-state index >= 15 is 0 Å². The summed E-state index contributed by atoms with van der Waals surface area (Å²) in [6, 6.07) is 14.2. The van der Waals surface area contributed by atoms with Crippen molar-refractivity contribution in [3.63, 3.8) is 0 Å². The second-order valence-corrected chi connectivity index (χ2v) is 5.25. The summed E-state index contributed by atoms with van der Waals surface area (Å²) in [4.78, 5) is 2.21. The third-order valence-electron chi connectivity index (χ3n) is 3.93. The minimum absolute atomic E-state index is 0.266. The first-order chi connectivity index (χ1) is 11.6. The lowest BCUT2D eigenvalue weighted by Crippen LogP contribution is -2.21. The van der Waals surface area contributed by atoms with Crippen molar-refractivity contribution in [2.24, 2.45) is 0 Å². The van der Waals surface area contributed by atoms with E-state index in [2.05, 4.69) is 24.8 Å². The maximum Gasteiger partial charge on any atom is 0.131 e. The standard InChI is InChI=1S/C20H21FN2O/c1-4-23(5-2)17-11-10-15(20(13-17)24-3)12-16(14-22)18-8-6-7-9-19(18)21/h6-13H,4-5H2,1-3H3. The number of nitriles is 1. The predicted molar refractivity (Wildman–Crippen MR) is 96.4 cm³/mol. The fourth-order valence-electron chi connectivity index (χ4n) is 2.61. The zero-order valence-corrected chi connectivity index (χ0v) is 14.2. The summed E-state index contributed by atoms with van der Waals surface area (Å²) in [5.41, 5.74) is 2.35. The largest absolute Gasteiger partial charge is 0.496 e. The molecule has 2 rings (SSSR count). The number of hydrogen-bond donors (Lipinski definition) is 0. The summed E-state index contributed by atoms with van der Waals surface area (Å²) < 4.78 is 19.4. The number of anilines is 1.